The predicted molar refractivity (Wildman–Crippen MR) is 89.2 cm³/mol. The van der Waals surface area contributed by atoms with Gasteiger partial charge < -0.3 is 10.6 Å². The van der Waals surface area contributed by atoms with Gasteiger partial charge >= 0.3 is 0 Å². The van der Waals surface area contributed by atoms with Crippen LogP contribution in [0.3, 0.4) is 0 Å². The lowest BCUT2D eigenvalue weighted by Gasteiger charge is -2.19. The average Bonchev–Trinajstić information content (AvgIpc) is 2.47. The first-order valence-electron chi connectivity index (χ1n) is 6.67. The fraction of sp³-hybridized carbons (Fsp3) is 0.188. The lowest BCUT2D eigenvalue weighted by Crippen LogP contribution is -2.34. The molecule has 2 aromatic rings. The number of anilines is 2. The summed E-state index contributed by atoms with van der Waals surface area (Å²) < 4.78 is 0. The number of nitrogens with one attached hydrogen (secondary N) is 2. The van der Waals surface area contributed by atoms with E-state index in [0.717, 1.165) is 5.69 Å². The molecule has 3 nitrogen and oxygen atoms in total. The number of hydrogen-bond donors (Lipinski definition) is 2. The number of amides is 1. The molecule has 0 fully saturated rings. The number of halogens is 2. The van der Waals surface area contributed by atoms with Crippen LogP contribution in [-0.2, 0) is 4.79 Å². The second-order valence-electron chi connectivity index (χ2n) is 4.58. The molecule has 0 aliphatic heterocycles. The van der Waals surface area contributed by atoms with Gasteiger partial charge in [0, 0.05) is 10.7 Å². The van der Waals surface area contributed by atoms with Crippen molar-refractivity contribution >= 4 is 40.5 Å². The molecule has 2 rings (SSSR count). The number of carbonyl (C=O) groups excluding carboxylic acids is 1. The average molecular weight is 323 g/mol. The molecular formula is C16H16Cl2N2O. The van der Waals surface area contributed by atoms with Gasteiger partial charge in [0.15, 0.2) is 0 Å². The van der Waals surface area contributed by atoms with Gasteiger partial charge in [0.1, 0.15) is 6.04 Å². The van der Waals surface area contributed by atoms with Crippen LogP contribution < -0.4 is 10.6 Å². The van der Waals surface area contributed by atoms with E-state index in [0.29, 0.717) is 22.2 Å². The maximum absolute atomic E-state index is 12.3. The van der Waals surface area contributed by atoms with Gasteiger partial charge in [-0.1, -0.05) is 48.3 Å². The number of para-hydroxylation sites is 1. The molecule has 0 saturated carbocycles. The highest BCUT2D eigenvalue weighted by Crippen LogP contribution is 2.26. The quantitative estimate of drug-likeness (QED) is 0.828. The molecule has 2 aromatic carbocycles. The molecule has 0 unspecified atom stereocenters. The van der Waals surface area contributed by atoms with Gasteiger partial charge in [-0.05, 0) is 36.8 Å². The van der Waals surface area contributed by atoms with E-state index in [1.807, 2.05) is 37.3 Å². The van der Waals surface area contributed by atoms with Crippen molar-refractivity contribution in [2.45, 2.75) is 19.4 Å². The minimum Gasteiger partial charge on any atom is -0.372 e. The maximum atomic E-state index is 12.3. The molecular weight excluding hydrogens is 307 g/mol. The molecule has 5 heteroatoms. The number of benzene rings is 2. The zero-order valence-electron chi connectivity index (χ0n) is 11.6. The van der Waals surface area contributed by atoms with Crippen LogP contribution in [0.4, 0.5) is 11.4 Å². The zero-order valence-corrected chi connectivity index (χ0v) is 13.1. The van der Waals surface area contributed by atoms with E-state index in [1.54, 1.807) is 18.2 Å². The Balaban J connectivity index is 2.07. The van der Waals surface area contributed by atoms with Gasteiger partial charge in [0.25, 0.3) is 0 Å². The molecule has 1 amide bonds. The number of hydrogen-bond acceptors (Lipinski definition) is 2. The van der Waals surface area contributed by atoms with Crippen molar-refractivity contribution in [1.82, 2.24) is 0 Å². The van der Waals surface area contributed by atoms with E-state index < -0.39 is 0 Å². The van der Waals surface area contributed by atoms with Crippen molar-refractivity contribution in [1.29, 1.82) is 0 Å². The second kappa shape index (κ2) is 7.34. The van der Waals surface area contributed by atoms with Crippen LogP contribution in [-0.4, -0.2) is 11.9 Å². The summed E-state index contributed by atoms with van der Waals surface area (Å²) in [7, 11) is 0. The summed E-state index contributed by atoms with van der Waals surface area (Å²) in [5, 5.41) is 7.07. The normalized spacial score (nSPS) is 11.8. The Morgan fingerprint density at radius 3 is 2.48 bits per heavy atom. The van der Waals surface area contributed by atoms with Crippen LogP contribution in [0.5, 0.6) is 0 Å². The van der Waals surface area contributed by atoms with E-state index in [4.69, 9.17) is 23.2 Å². The van der Waals surface area contributed by atoms with Crippen molar-refractivity contribution in [2.75, 3.05) is 10.6 Å². The third kappa shape index (κ3) is 4.38. The van der Waals surface area contributed by atoms with Crippen LogP contribution in [0.15, 0.2) is 48.5 Å². The van der Waals surface area contributed by atoms with Crippen LogP contribution >= 0.6 is 23.2 Å². The van der Waals surface area contributed by atoms with Gasteiger partial charge in [0.2, 0.25) is 5.91 Å². The molecule has 0 saturated heterocycles. The van der Waals surface area contributed by atoms with Crippen molar-refractivity contribution in [2.24, 2.45) is 0 Å². The van der Waals surface area contributed by atoms with Gasteiger partial charge in [-0.3, -0.25) is 4.79 Å². The van der Waals surface area contributed by atoms with Crippen molar-refractivity contribution in [3.05, 3.63) is 58.6 Å². The SMILES string of the molecule is CC[C@@H](Nc1ccc(Cl)cc1Cl)C(=O)Nc1ccccc1. The topological polar surface area (TPSA) is 41.1 Å². The molecule has 0 heterocycles. The molecule has 0 aliphatic carbocycles. The summed E-state index contributed by atoms with van der Waals surface area (Å²) in [5.74, 6) is -0.102. The van der Waals surface area contributed by atoms with E-state index >= 15 is 0 Å². The van der Waals surface area contributed by atoms with Crippen LogP contribution in [0.2, 0.25) is 10.0 Å². The first-order valence-corrected chi connectivity index (χ1v) is 7.43. The van der Waals surface area contributed by atoms with Crippen LogP contribution in [0.25, 0.3) is 0 Å². The van der Waals surface area contributed by atoms with Crippen LogP contribution in [0.1, 0.15) is 13.3 Å². The van der Waals surface area contributed by atoms with E-state index in [1.165, 1.54) is 0 Å². The van der Waals surface area contributed by atoms with Gasteiger partial charge in [-0.15, -0.1) is 0 Å². The molecule has 110 valence electrons. The third-order valence-corrected chi connectivity index (χ3v) is 3.57. The fourth-order valence-electron chi connectivity index (χ4n) is 1.90. The largest absolute Gasteiger partial charge is 0.372 e. The van der Waals surface area contributed by atoms with Gasteiger partial charge in [-0.25, -0.2) is 0 Å². The zero-order chi connectivity index (χ0) is 15.2. The first kappa shape index (κ1) is 15.7. The first-order chi connectivity index (χ1) is 10.1. The Morgan fingerprint density at radius 1 is 1.14 bits per heavy atom. The Hall–Kier alpha value is -1.71. The fourth-order valence-corrected chi connectivity index (χ4v) is 2.36. The highest BCUT2D eigenvalue weighted by atomic mass is 35.5. The van der Waals surface area contributed by atoms with Gasteiger partial charge in [-0.2, -0.15) is 0 Å². The Kier molecular flexibility index (Phi) is 5.48. The van der Waals surface area contributed by atoms with E-state index in [9.17, 15) is 4.79 Å². The second-order valence-corrected chi connectivity index (χ2v) is 5.43. The summed E-state index contributed by atoms with van der Waals surface area (Å²) in [4.78, 5) is 12.3. The lowest BCUT2D eigenvalue weighted by molar-refractivity contribution is -0.116. The minimum atomic E-state index is -0.371. The molecule has 21 heavy (non-hydrogen) atoms. The molecule has 0 radical (unpaired) electrons. The van der Waals surface area contributed by atoms with Gasteiger partial charge in [0.05, 0.1) is 10.7 Å². The van der Waals surface area contributed by atoms with Crippen molar-refractivity contribution in [3.63, 3.8) is 0 Å². The summed E-state index contributed by atoms with van der Waals surface area (Å²) in [6.07, 6.45) is 0.637. The third-order valence-electron chi connectivity index (χ3n) is 3.03. The minimum absolute atomic E-state index is 0.102. The molecule has 1 atom stereocenters. The number of rotatable bonds is 5. The highest BCUT2D eigenvalue weighted by Gasteiger charge is 2.17. The van der Waals surface area contributed by atoms with Crippen molar-refractivity contribution < 1.29 is 4.79 Å². The maximum Gasteiger partial charge on any atom is 0.246 e. The Morgan fingerprint density at radius 2 is 1.86 bits per heavy atom. The lowest BCUT2D eigenvalue weighted by atomic mass is 10.2. The number of carbonyl (C=O) groups is 1. The molecule has 0 aromatic heterocycles. The monoisotopic (exact) mass is 322 g/mol. The van der Waals surface area contributed by atoms with E-state index in [2.05, 4.69) is 10.6 Å². The molecule has 0 aliphatic rings. The van der Waals surface area contributed by atoms with E-state index in [-0.39, 0.29) is 11.9 Å². The summed E-state index contributed by atoms with van der Waals surface area (Å²) >= 11 is 12.0. The highest BCUT2D eigenvalue weighted by molar-refractivity contribution is 6.36. The van der Waals surface area contributed by atoms with Crippen LogP contribution in [0, 0.1) is 0 Å². The molecule has 0 spiro atoms. The summed E-state index contributed by atoms with van der Waals surface area (Å²) in [5.41, 5.74) is 1.46. The smallest absolute Gasteiger partial charge is 0.246 e. The standard InChI is InChI=1S/C16H16Cl2N2O/c1-2-14(16(21)19-12-6-4-3-5-7-12)20-15-9-8-11(17)10-13(15)18/h3-10,14,20H,2H2,1H3,(H,19,21)/t14-/m1/s1. The Labute approximate surface area is 134 Å². The van der Waals surface area contributed by atoms with Crippen molar-refractivity contribution in [3.8, 4) is 0 Å². The summed E-state index contributed by atoms with van der Waals surface area (Å²) in [6, 6.07) is 14.1. The molecule has 2 N–H and O–H groups in total. The summed E-state index contributed by atoms with van der Waals surface area (Å²) in [6.45, 7) is 1.94. The molecule has 0 bridgehead atoms. The predicted octanol–water partition coefficient (Wildman–Crippen LogP) is 4.82. The Bertz CT molecular complexity index is 617.